The van der Waals surface area contributed by atoms with Crippen LogP contribution in [0.3, 0.4) is 0 Å². The number of nitrogens with zero attached hydrogens (tertiary/aromatic N) is 3. The molecule has 2 aromatic heterocycles. The number of hydrogen-bond donors (Lipinski definition) is 1. The van der Waals surface area contributed by atoms with E-state index in [1.54, 1.807) is 0 Å². The first kappa shape index (κ1) is 26.3. The summed E-state index contributed by atoms with van der Waals surface area (Å²) in [6.07, 6.45) is 0.696. The van der Waals surface area contributed by atoms with Gasteiger partial charge in [-0.3, -0.25) is 9.59 Å². The molecule has 0 saturated carbocycles. The third-order valence-electron chi connectivity index (χ3n) is 5.72. The molecule has 1 aliphatic rings. The van der Waals surface area contributed by atoms with Crippen molar-refractivity contribution in [2.24, 2.45) is 5.41 Å². The van der Waals surface area contributed by atoms with Crippen molar-refractivity contribution in [3.05, 3.63) is 57.7 Å². The molecule has 0 fully saturated rings. The Morgan fingerprint density at radius 2 is 1.78 bits per heavy atom. The maximum atomic E-state index is 13.7. The molecule has 1 aliphatic heterocycles. The highest BCUT2D eigenvalue weighted by Gasteiger charge is 2.45. The molecule has 0 amide bonds. The van der Waals surface area contributed by atoms with Gasteiger partial charge in [0, 0.05) is 11.1 Å². The molecule has 1 atom stereocenters. The van der Waals surface area contributed by atoms with Gasteiger partial charge < -0.3 is 19.5 Å². The predicted octanol–water partition coefficient (Wildman–Crippen LogP) is 3.66. The lowest BCUT2D eigenvalue weighted by atomic mass is 9.81. The van der Waals surface area contributed by atoms with E-state index in [0.717, 1.165) is 10.1 Å². The summed E-state index contributed by atoms with van der Waals surface area (Å²) in [7, 11) is 2.38. The van der Waals surface area contributed by atoms with Crippen molar-refractivity contribution in [1.29, 1.82) is 0 Å². The van der Waals surface area contributed by atoms with Crippen LogP contribution in [0.2, 0.25) is 0 Å². The third kappa shape index (κ3) is 5.22. The smallest absolute Gasteiger partial charge is 0.340 e. The number of carbonyl (C=O) groups is 2. The van der Waals surface area contributed by atoms with Crippen LogP contribution in [0.5, 0.6) is 5.88 Å². The number of fused-ring (bicyclic) bond motifs is 2. The fraction of sp³-hybridized carbons (Fsp3) is 0.423. The standard InChI is InChI=1S/C26H30N4O6S/c1-25(2,3)13-26(4,5)28-19-17(23(33)35-7)15(22(32)34-6)16-18(36-19)27-24-30(21(16)31)29-20(37-24)14-11-9-8-10-12-14/h8-12,15,28H,13H2,1-7H3. The average molecular weight is 527 g/mol. The van der Waals surface area contributed by atoms with Crippen molar-refractivity contribution in [1.82, 2.24) is 19.9 Å². The van der Waals surface area contributed by atoms with Gasteiger partial charge in [0.2, 0.25) is 16.7 Å². The van der Waals surface area contributed by atoms with Gasteiger partial charge in [-0.1, -0.05) is 62.4 Å². The molecule has 4 rings (SSSR count). The molecule has 0 bridgehead atoms. The number of ether oxygens (including phenoxy) is 3. The lowest BCUT2D eigenvalue weighted by molar-refractivity contribution is -0.145. The van der Waals surface area contributed by atoms with Crippen LogP contribution in [0.1, 0.15) is 52.5 Å². The summed E-state index contributed by atoms with van der Waals surface area (Å²) in [6, 6.07) is 9.34. The highest BCUT2D eigenvalue weighted by molar-refractivity contribution is 7.19. The fourth-order valence-electron chi connectivity index (χ4n) is 4.73. The summed E-state index contributed by atoms with van der Waals surface area (Å²) < 4.78 is 17.2. The summed E-state index contributed by atoms with van der Waals surface area (Å²) in [5.41, 5.74) is -0.759. The third-order valence-corrected chi connectivity index (χ3v) is 6.68. The van der Waals surface area contributed by atoms with Gasteiger partial charge in [-0.2, -0.15) is 14.6 Å². The van der Waals surface area contributed by atoms with Gasteiger partial charge in [0.25, 0.3) is 5.56 Å². The van der Waals surface area contributed by atoms with E-state index in [1.807, 2.05) is 44.2 Å². The number of nitrogens with one attached hydrogen (secondary N) is 1. The van der Waals surface area contributed by atoms with Gasteiger partial charge in [-0.15, -0.1) is 0 Å². The molecule has 1 N–H and O–H groups in total. The van der Waals surface area contributed by atoms with Crippen LogP contribution < -0.4 is 15.6 Å². The van der Waals surface area contributed by atoms with E-state index in [2.05, 4.69) is 36.2 Å². The Bertz CT molecular complexity index is 1450. The largest absolute Gasteiger partial charge is 0.468 e. The van der Waals surface area contributed by atoms with Crippen LogP contribution in [0, 0.1) is 5.41 Å². The molecule has 0 saturated heterocycles. The van der Waals surface area contributed by atoms with Crippen molar-refractivity contribution in [2.45, 2.75) is 52.5 Å². The molecular formula is C26H30N4O6S. The summed E-state index contributed by atoms with van der Waals surface area (Å²) in [4.78, 5) is 44.6. The maximum Gasteiger partial charge on any atom is 0.340 e. The van der Waals surface area contributed by atoms with Crippen LogP contribution >= 0.6 is 11.3 Å². The van der Waals surface area contributed by atoms with E-state index in [9.17, 15) is 14.4 Å². The molecule has 37 heavy (non-hydrogen) atoms. The van der Waals surface area contributed by atoms with Gasteiger partial charge in [-0.25, -0.2) is 4.79 Å². The van der Waals surface area contributed by atoms with Crippen LogP contribution in [0.15, 0.2) is 46.6 Å². The molecule has 3 aromatic rings. The summed E-state index contributed by atoms with van der Waals surface area (Å²) in [5.74, 6) is -3.18. The minimum atomic E-state index is -1.42. The van der Waals surface area contributed by atoms with Crippen molar-refractivity contribution in [3.63, 3.8) is 0 Å². The molecule has 0 radical (unpaired) electrons. The van der Waals surface area contributed by atoms with Crippen molar-refractivity contribution in [2.75, 3.05) is 14.2 Å². The number of esters is 2. The predicted molar refractivity (Wildman–Crippen MR) is 138 cm³/mol. The van der Waals surface area contributed by atoms with E-state index in [-0.39, 0.29) is 33.3 Å². The monoisotopic (exact) mass is 526 g/mol. The minimum Gasteiger partial charge on any atom is -0.468 e. The number of hydrogen-bond acceptors (Lipinski definition) is 10. The van der Waals surface area contributed by atoms with E-state index >= 15 is 0 Å². The second-order valence-corrected chi connectivity index (χ2v) is 11.6. The Morgan fingerprint density at radius 3 is 2.38 bits per heavy atom. The molecule has 0 spiro atoms. The summed E-state index contributed by atoms with van der Waals surface area (Å²) >= 11 is 1.20. The van der Waals surface area contributed by atoms with Gasteiger partial charge >= 0.3 is 11.9 Å². The first-order chi connectivity index (χ1) is 17.3. The second kappa shape index (κ2) is 9.62. The van der Waals surface area contributed by atoms with Gasteiger partial charge in [0.05, 0.1) is 14.2 Å². The van der Waals surface area contributed by atoms with E-state index in [1.165, 1.54) is 25.6 Å². The van der Waals surface area contributed by atoms with Crippen LogP contribution in [-0.4, -0.2) is 46.3 Å². The molecule has 10 nitrogen and oxygen atoms in total. The summed E-state index contributed by atoms with van der Waals surface area (Å²) in [5, 5.41) is 8.24. The van der Waals surface area contributed by atoms with Crippen molar-refractivity contribution >= 4 is 28.2 Å². The van der Waals surface area contributed by atoms with E-state index < -0.39 is 29.0 Å². The average Bonchev–Trinajstić information content (AvgIpc) is 3.25. The number of benzene rings is 1. The number of aromatic nitrogens is 3. The van der Waals surface area contributed by atoms with Crippen LogP contribution in [-0.2, 0) is 19.1 Å². The zero-order chi connectivity index (χ0) is 27.1. The Hall–Kier alpha value is -3.73. The Kier molecular flexibility index (Phi) is 6.85. The number of carbonyl (C=O) groups excluding carboxylic acids is 2. The molecular weight excluding hydrogens is 496 g/mol. The zero-order valence-electron chi connectivity index (χ0n) is 21.9. The lowest BCUT2D eigenvalue weighted by Crippen LogP contribution is -2.46. The Morgan fingerprint density at radius 1 is 1.11 bits per heavy atom. The number of methoxy groups -OCH3 is 2. The quantitative estimate of drug-likeness (QED) is 0.480. The first-order valence-corrected chi connectivity index (χ1v) is 12.5. The molecule has 1 aromatic carbocycles. The SMILES string of the molecule is COC(=O)C1=C(NC(C)(C)CC(C)(C)C)Oc2nc3sc(-c4ccccc4)nn3c(=O)c2C1C(=O)OC. The van der Waals surface area contributed by atoms with Gasteiger partial charge in [-0.05, 0) is 25.7 Å². The minimum absolute atomic E-state index is 0.00644. The molecule has 11 heteroatoms. The van der Waals surface area contributed by atoms with Crippen molar-refractivity contribution < 1.29 is 23.8 Å². The molecule has 3 heterocycles. The highest BCUT2D eigenvalue weighted by Crippen LogP contribution is 2.39. The summed E-state index contributed by atoms with van der Waals surface area (Å²) in [6.45, 7) is 10.2. The Balaban J connectivity index is 1.92. The molecule has 1 unspecified atom stereocenters. The first-order valence-electron chi connectivity index (χ1n) is 11.7. The normalized spacial score (nSPS) is 15.7. The van der Waals surface area contributed by atoms with Crippen LogP contribution in [0.25, 0.3) is 15.5 Å². The molecule has 196 valence electrons. The number of rotatable bonds is 6. The van der Waals surface area contributed by atoms with Gasteiger partial charge in [0.15, 0.2) is 0 Å². The maximum absolute atomic E-state index is 13.7. The second-order valence-electron chi connectivity index (χ2n) is 10.6. The van der Waals surface area contributed by atoms with E-state index in [4.69, 9.17) is 14.2 Å². The highest BCUT2D eigenvalue weighted by atomic mass is 32.1. The molecule has 0 aliphatic carbocycles. The Labute approximate surface area is 218 Å². The van der Waals surface area contributed by atoms with Crippen LogP contribution in [0.4, 0.5) is 0 Å². The zero-order valence-corrected chi connectivity index (χ0v) is 22.7. The topological polar surface area (TPSA) is 121 Å². The van der Waals surface area contributed by atoms with Gasteiger partial charge in [0.1, 0.15) is 22.1 Å². The van der Waals surface area contributed by atoms with Crippen molar-refractivity contribution in [3.8, 4) is 16.5 Å². The van der Waals surface area contributed by atoms with E-state index in [0.29, 0.717) is 11.4 Å². The fourth-order valence-corrected chi connectivity index (χ4v) is 5.62. The lowest BCUT2D eigenvalue weighted by Gasteiger charge is -2.36.